The van der Waals surface area contributed by atoms with Crippen LogP contribution in [0.3, 0.4) is 0 Å². The Bertz CT molecular complexity index is 763. The summed E-state index contributed by atoms with van der Waals surface area (Å²) >= 11 is 0. The average Bonchev–Trinajstić information content (AvgIpc) is 2.86. The Morgan fingerprint density at radius 1 is 1.22 bits per heavy atom. The van der Waals surface area contributed by atoms with E-state index in [4.69, 9.17) is 9.47 Å². The third-order valence-corrected chi connectivity index (χ3v) is 5.95. The minimum atomic E-state index is -0.771. The van der Waals surface area contributed by atoms with Gasteiger partial charge in [-0.2, -0.15) is 13.5 Å². The third kappa shape index (κ3) is 8.00. The smallest absolute Gasteiger partial charge is 0.413 e. The molecule has 0 spiro atoms. The summed E-state index contributed by atoms with van der Waals surface area (Å²) in [5, 5.41) is 2.68. The zero-order valence-corrected chi connectivity index (χ0v) is 21.8. The van der Waals surface area contributed by atoms with Crippen LogP contribution in [0.2, 0.25) is 0 Å². The van der Waals surface area contributed by atoms with Crippen molar-refractivity contribution in [3.63, 3.8) is 0 Å². The molecule has 1 N–H and O–H groups in total. The third-order valence-electron chi connectivity index (χ3n) is 5.95. The number of esters is 1. The van der Waals surface area contributed by atoms with Gasteiger partial charge in [0.05, 0.1) is 0 Å². The van der Waals surface area contributed by atoms with Gasteiger partial charge in [-0.25, -0.2) is 9.59 Å². The second-order valence-corrected chi connectivity index (χ2v) is 10.1. The molecule has 32 heavy (non-hydrogen) atoms. The van der Waals surface area contributed by atoms with Crippen molar-refractivity contribution in [3.8, 4) is 5.75 Å². The van der Waals surface area contributed by atoms with Crippen molar-refractivity contribution >= 4 is 25.6 Å². The van der Waals surface area contributed by atoms with E-state index < -0.39 is 23.7 Å². The molecule has 1 amide bonds. The Morgan fingerprint density at radius 2 is 1.91 bits per heavy atom. The normalized spacial score (nSPS) is 20.6. The van der Waals surface area contributed by atoms with Crippen molar-refractivity contribution < 1.29 is 19.1 Å². The number of hydrogen-bond donors (Lipinski definition) is 1. The summed E-state index contributed by atoms with van der Waals surface area (Å²) in [5.41, 5.74) is 0.629. The summed E-state index contributed by atoms with van der Waals surface area (Å²) in [5.74, 6) is -0.0975. The molecule has 1 saturated heterocycles. The molecule has 1 aliphatic rings. The van der Waals surface area contributed by atoms with E-state index in [1.165, 1.54) is 18.4 Å². The van der Waals surface area contributed by atoms with Gasteiger partial charge in [0, 0.05) is 12.0 Å². The molecule has 7 heteroatoms. The maximum Gasteiger partial charge on any atom is 0.413 e. The number of nitrogens with zero attached hydrogens (tertiary/aromatic N) is 1. The molecule has 1 aliphatic heterocycles. The van der Waals surface area contributed by atoms with E-state index in [-0.39, 0.29) is 24.8 Å². The van der Waals surface area contributed by atoms with Crippen molar-refractivity contribution in [1.29, 1.82) is 0 Å². The molecule has 0 radical (unpaired) electrons. The van der Waals surface area contributed by atoms with Crippen molar-refractivity contribution in [1.82, 2.24) is 10.2 Å². The van der Waals surface area contributed by atoms with E-state index in [1.54, 1.807) is 26.8 Å². The first-order chi connectivity index (χ1) is 14.5. The maximum atomic E-state index is 12.6. The minimum absolute atomic E-state index is 0. The van der Waals surface area contributed by atoms with Crippen LogP contribution < -0.4 is 10.1 Å². The topological polar surface area (TPSA) is 67.9 Å². The zero-order chi connectivity index (χ0) is 23.2. The lowest BCUT2D eigenvalue weighted by Gasteiger charge is -2.35. The van der Waals surface area contributed by atoms with Gasteiger partial charge in [-0.1, -0.05) is 39.3 Å². The molecule has 182 valence electrons. The molecule has 2 rings (SSSR count). The largest absolute Gasteiger partial charge is 0.458 e. The van der Waals surface area contributed by atoms with E-state index in [9.17, 15) is 9.59 Å². The van der Waals surface area contributed by atoms with E-state index in [0.717, 1.165) is 25.9 Å². The first-order valence-corrected chi connectivity index (χ1v) is 11.5. The summed E-state index contributed by atoms with van der Waals surface area (Å²) in [6, 6.07) is 7.05. The highest BCUT2D eigenvalue weighted by molar-refractivity contribution is 7.59. The minimum Gasteiger partial charge on any atom is -0.458 e. The number of likely N-dealkylation sites (tertiary alicyclic amines) is 1. The SMILES string of the molecule is CCC1(c2cccc(OC(=O)N[C@H](C(=O)OC(C)(C)C)C(C)C)c2)CCCCN(C)C1.S. The summed E-state index contributed by atoms with van der Waals surface area (Å²) in [4.78, 5) is 27.5. The van der Waals surface area contributed by atoms with Gasteiger partial charge in [0.15, 0.2) is 0 Å². The van der Waals surface area contributed by atoms with Crippen molar-refractivity contribution in [2.45, 2.75) is 84.3 Å². The molecule has 1 aromatic rings. The average molecular weight is 467 g/mol. The van der Waals surface area contributed by atoms with Gasteiger partial charge in [0.1, 0.15) is 17.4 Å². The number of amides is 1. The van der Waals surface area contributed by atoms with Gasteiger partial charge in [-0.05, 0) is 77.2 Å². The van der Waals surface area contributed by atoms with Crippen LogP contribution in [-0.2, 0) is 14.9 Å². The molecule has 1 fully saturated rings. The van der Waals surface area contributed by atoms with Crippen molar-refractivity contribution in [2.24, 2.45) is 5.92 Å². The van der Waals surface area contributed by atoms with Crippen LogP contribution >= 0.6 is 13.5 Å². The predicted molar refractivity (Wildman–Crippen MR) is 134 cm³/mol. The Balaban J connectivity index is 0.00000512. The fraction of sp³-hybridized carbons (Fsp3) is 0.680. The molecule has 0 bridgehead atoms. The fourth-order valence-electron chi connectivity index (χ4n) is 4.26. The van der Waals surface area contributed by atoms with E-state index in [2.05, 4.69) is 30.3 Å². The molecule has 1 unspecified atom stereocenters. The standard InChI is InChI=1S/C25H40N2O4.H2S/c1-8-25(14-9-10-15-27(7)17-25)19-12-11-13-20(16-19)30-23(29)26-21(18(2)3)22(28)31-24(4,5)6;/h11-13,16,18,21H,8-10,14-15,17H2,1-7H3,(H,26,29);1H2/t21-,25?;/m0./s1. The van der Waals surface area contributed by atoms with Crippen LogP contribution in [0.1, 0.15) is 72.8 Å². The summed E-state index contributed by atoms with van der Waals surface area (Å²) in [7, 11) is 2.17. The Morgan fingerprint density at radius 3 is 2.50 bits per heavy atom. The predicted octanol–water partition coefficient (Wildman–Crippen LogP) is 5.02. The highest BCUT2D eigenvalue weighted by Crippen LogP contribution is 2.37. The number of hydrogen-bond acceptors (Lipinski definition) is 5. The van der Waals surface area contributed by atoms with Crippen molar-refractivity contribution in [2.75, 3.05) is 20.1 Å². The number of benzene rings is 1. The highest BCUT2D eigenvalue weighted by Gasteiger charge is 2.34. The van der Waals surface area contributed by atoms with Crippen molar-refractivity contribution in [3.05, 3.63) is 29.8 Å². The van der Waals surface area contributed by atoms with E-state index >= 15 is 0 Å². The second-order valence-electron chi connectivity index (χ2n) is 10.1. The van der Waals surface area contributed by atoms with Crippen LogP contribution in [0.4, 0.5) is 4.79 Å². The van der Waals surface area contributed by atoms with Gasteiger partial charge in [-0.15, -0.1) is 0 Å². The molecule has 6 nitrogen and oxygen atoms in total. The molecule has 2 atom stereocenters. The van der Waals surface area contributed by atoms with Crippen LogP contribution in [-0.4, -0.2) is 48.7 Å². The second kappa shape index (κ2) is 11.9. The number of rotatable bonds is 6. The van der Waals surface area contributed by atoms with Gasteiger partial charge in [0.25, 0.3) is 0 Å². The van der Waals surface area contributed by atoms with Gasteiger partial charge < -0.3 is 19.7 Å². The van der Waals surface area contributed by atoms with Crippen LogP contribution in [0.15, 0.2) is 24.3 Å². The quantitative estimate of drug-likeness (QED) is 0.597. The maximum absolute atomic E-state index is 12.6. The van der Waals surface area contributed by atoms with E-state index in [0.29, 0.717) is 5.75 Å². The lowest BCUT2D eigenvalue weighted by atomic mass is 9.74. The molecule has 0 aromatic heterocycles. The Kier molecular flexibility index (Phi) is 10.6. The monoisotopic (exact) mass is 466 g/mol. The summed E-state index contributed by atoms with van der Waals surface area (Å²) < 4.78 is 11.0. The lowest BCUT2D eigenvalue weighted by molar-refractivity contribution is -0.158. The summed E-state index contributed by atoms with van der Waals surface area (Å²) in [6.45, 7) is 13.5. The molecule has 0 saturated carbocycles. The first kappa shape index (κ1) is 28.3. The fourth-order valence-corrected chi connectivity index (χ4v) is 4.26. The molecular formula is C25H42N2O4S. The highest BCUT2D eigenvalue weighted by atomic mass is 32.1. The van der Waals surface area contributed by atoms with Gasteiger partial charge in [-0.3, -0.25) is 0 Å². The first-order valence-electron chi connectivity index (χ1n) is 11.5. The number of ether oxygens (including phenoxy) is 2. The molecule has 0 aliphatic carbocycles. The number of nitrogens with one attached hydrogen (secondary N) is 1. The number of likely N-dealkylation sites (N-methyl/N-ethyl adjacent to an activating group) is 1. The number of carbonyl (C=O) groups is 2. The molecule has 1 heterocycles. The Hall–Kier alpha value is -1.73. The lowest BCUT2D eigenvalue weighted by Crippen LogP contribution is -2.48. The van der Waals surface area contributed by atoms with E-state index in [1.807, 2.05) is 26.0 Å². The van der Waals surface area contributed by atoms with Crippen LogP contribution in [0, 0.1) is 5.92 Å². The molecular weight excluding hydrogens is 424 g/mol. The van der Waals surface area contributed by atoms with Gasteiger partial charge >= 0.3 is 12.1 Å². The zero-order valence-electron chi connectivity index (χ0n) is 20.8. The summed E-state index contributed by atoms with van der Waals surface area (Å²) in [6.07, 6.45) is 3.90. The Labute approximate surface area is 200 Å². The van der Waals surface area contributed by atoms with Crippen LogP contribution in [0.5, 0.6) is 5.75 Å². The number of carbonyl (C=O) groups excluding carboxylic acids is 2. The molecule has 1 aromatic carbocycles. The van der Waals surface area contributed by atoms with Crippen LogP contribution in [0.25, 0.3) is 0 Å². The van der Waals surface area contributed by atoms with Gasteiger partial charge in [0.2, 0.25) is 0 Å².